The van der Waals surface area contributed by atoms with Crippen molar-refractivity contribution in [1.82, 2.24) is 9.88 Å². The van der Waals surface area contributed by atoms with Crippen LogP contribution in [0.5, 0.6) is 0 Å². The molecule has 1 heterocycles. The fourth-order valence-electron chi connectivity index (χ4n) is 2.80. The zero-order valence-corrected chi connectivity index (χ0v) is 12.0. The molecule has 1 aliphatic rings. The zero-order valence-electron chi connectivity index (χ0n) is 12.0. The second kappa shape index (κ2) is 7.24. The van der Waals surface area contributed by atoms with Crippen LogP contribution in [0.3, 0.4) is 0 Å². The largest absolute Gasteiger partial charge is 0.395 e. The Morgan fingerprint density at radius 1 is 1.45 bits per heavy atom. The summed E-state index contributed by atoms with van der Waals surface area (Å²) in [4.78, 5) is 18.6. The first-order valence-electron chi connectivity index (χ1n) is 7.32. The SMILES string of the molecule is CNc1ccnc(C(=O)N(CCO)C2CCCCC2)c1. The van der Waals surface area contributed by atoms with Gasteiger partial charge in [-0.05, 0) is 25.0 Å². The van der Waals surface area contributed by atoms with E-state index in [2.05, 4.69) is 10.3 Å². The summed E-state index contributed by atoms with van der Waals surface area (Å²) in [5.74, 6) is -0.0805. The summed E-state index contributed by atoms with van der Waals surface area (Å²) in [6.45, 7) is 0.378. The Morgan fingerprint density at radius 2 is 2.20 bits per heavy atom. The van der Waals surface area contributed by atoms with E-state index in [1.807, 2.05) is 13.1 Å². The van der Waals surface area contributed by atoms with Crippen LogP contribution < -0.4 is 5.32 Å². The first-order valence-corrected chi connectivity index (χ1v) is 7.32. The quantitative estimate of drug-likeness (QED) is 0.862. The fraction of sp³-hybridized carbons (Fsp3) is 0.600. The maximum absolute atomic E-state index is 12.6. The highest BCUT2D eigenvalue weighted by Crippen LogP contribution is 2.24. The average molecular weight is 277 g/mol. The van der Waals surface area contributed by atoms with Crippen LogP contribution in [-0.4, -0.2) is 47.1 Å². The van der Waals surface area contributed by atoms with Crippen LogP contribution >= 0.6 is 0 Å². The van der Waals surface area contributed by atoms with E-state index in [4.69, 9.17) is 0 Å². The summed E-state index contributed by atoms with van der Waals surface area (Å²) in [5, 5.41) is 12.2. The summed E-state index contributed by atoms with van der Waals surface area (Å²) < 4.78 is 0. The Labute approximate surface area is 120 Å². The van der Waals surface area contributed by atoms with Gasteiger partial charge in [0.1, 0.15) is 5.69 Å². The molecule has 0 spiro atoms. The van der Waals surface area contributed by atoms with Crippen LogP contribution in [0.15, 0.2) is 18.3 Å². The topological polar surface area (TPSA) is 65.5 Å². The van der Waals surface area contributed by atoms with Gasteiger partial charge in [0.15, 0.2) is 0 Å². The maximum Gasteiger partial charge on any atom is 0.272 e. The normalized spacial score (nSPS) is 15.9. The number of amides is 1. The molecule has 1 aromatic heterocycles. The molecule has 0 bridgehead atoms. The zero-order chi connectivity index (χ0) is 14.4. The number of nitrogens with one attached hydrogen (secondary N) is 1. The van der Waals surface area contributed by atoms with Gasteiger partial charge in [-0.2, -0.15) is 0 Å². The summed E-state index contributed by atoms with van der Waals surface area (Å²) in [6.07, 6.45) is 7.24. The lowest BCUT2D eigenvalue weighted by Gasteiger charge is -2.33. The molecule has 5 heteroatoms. The van der Waals surface area contributed by atoms with Crippen molar-refractivity contribution in [3.63, 3.8) is 0 Å². The highest BCUT2D eigenvalue weighted by Gasteiger charge is 2.26. The molecule has 1 fully saturated rings. The third-order valence-corrected chi connectivity index (χ3v) is 3.88. The number of pyridine rings is 1. The van der Waals surface area contributed by atoms with Gasteiger partial charge in [0.2, 0.25) is 0 Å². The first-order chi connectivity index (χ1) is 9.76. The molecule has 1 saturated carbocycles. The lowest BCUT2D eigenvalue weighted by atomic mass is 9.94. The Balaban J connectivity index is 2.16. The van der Waals surface area contributed by atoms with Crippen molar-refractivity contribution in [2.45, 2.75) is 38.1 Å². The van der Waals surface area contributed by atoms with Gasteiger partial charge in [-0.3, -0.25) is 9.78 Å². The van der Waals surface area contributed by atoms with E-state index in [0.717, 1.165) is 31.4 Å². The van der Waals surface area contributed by atoms with E-state index < -0.39 is 0 Å². The van der Waals surface area contributed by atoms with Crippen molar-refractivity contribution in [1.29, 1.82) is 0 Å². The van der Waals surface area contributed by atoms with Crippen molar-refractivity contribution in [2.24, 2.45) is 0 Å². The van der Waals surface area contributed by atoms with Gasteiger partial charge in [0.05, 0.1) is 6.61 Å². The minimum Gasteiger partial charge on any atom is -0.395 e. The number of carbonyl (C=O) groups excluding carboxylic acids is 1. The van der Waals surface area contributed by atoms with Crippen molar-refractivity contribution in [3.8, 4) is 0 Å². The van der Waals surface area contributed by atoms with E-state index in [1.165, 1.54) is 6.42 Å². The first kappa shape index (κ1) is 14.8. The highest BCUT2D eigenvalue weighted by atomic mass is 16.3. The third kappa shape index (κ3) is 3.48. The Morgan fingerprint density at radius 3 is 2.85 bits per heavy atom. The molecule has 0 radical (unpaired) electrons. The van der Waals surface area contributed by atoms with Crippen LogP contribution in [0.4, 0.5) is 5.69 Å². The van der Waals surface area contributed by atoms with Gasteiger partial charge >= 0.3 is 0 Å². The molecule has 2 N–H and O–H groups in total. The van der Waals surface area contributed by atoms with Crippen LogP contribution in [0.2, 0.25) is 0 Å². The predicted octanol–water partition coefficient (Wildman–Crippen LogP) is 1.89. The monoisotopic (exact) mass is 277 g/mol. The van der Waals surface area contributed by atoms with Gasteiger partial charge in [0, 0.05) is 31.5 Å². The summed E-state index contributed by atoms with van der Waals surface area (Å²) >= 11 is 0. The highest BCUT2D eigenvalue weighted by molar-refractivity contribution is 5.93. The second-order valence-electron chi connectivity index (χ2n) is 5.19. The summed E-state index contributed by atoms with van der Waals surface area (Å²) in [7, 11) is 1.82. The molecule has 1 amide bonds. The summed E-state index contributed by atoms with van der Waals surface area (Å²) in [6, 6.07) is 3.83. The molecule has 20 heavy (non-hydrogen) atoms. The van der Waals surface area contributed by atoms with Gasteiger partial charge < -0.3 is 15.3 Å². The Bertz CT molecular complexity index is 444. The number of aromatic nitrogens is 1. The lowest BCUT2D eigenvalue weighted by molar-refractivity contribution is 0.0579. The van der Waals surface area contributed by atoms with Crippen molar-refractivity contribution >= 4 is 11.6 Å². The fourth-order valence-corrected chi connectivity index (χ4v) is 2.80. The molecular formula is C15H23N3O2. The molecule has 1 aliphatic carbocycles. The summed E-state index contributed by atoms with van der Waals surface area (Å²) in [5.41, 5.74) is 1.31. The number of aliphatic hydroxyl groups excluding tert-OH is 1. The molecular weight excluding hydrogens is 254 g/mol. The molecule has 0 aliphatic heterocycles. The molecule has 2 rings (SSSR count). The molecule has 0 saturated heterocycles. The lowest BCUT2D eigenvalue weighted by Crippen LogP contribution is -2.43. The van der Waals surface area contributed by atoms with E-state index in [-0.39, 0.29) is 18.6 Å². The van der Waals surface area contributed by atoms with Crippen LogP contribution in [0, 0.1) is 0 Å². The van der Waals surface area contributed by atoms with Crippen LogP contribution in [0.1, 0.15) is 42.6 Å². The standard InChI is InChI=1S/C15H23N3O2/c1-16-12-7-8-17-14(11-12)15(20)18(9-10-19)13-5-3-2-4-6-13/h7-8,11,13,19H,2-6,9-10H2,1H3,(H,16,17). The van der Waals surface area contributed by atoms with Crippen LogP contribution in [-0.2, 0) is 0 Å². The van der Waals surface area contributed by atoms with E-state index in [9.17, 15) is 9.90 Å². The van der Waals surface area contributed by atoms with E-state index in [1.54, 1.807) is 17.2 Å². The number of anilines is 1. The van der Waals surface area contributed by atoms with Crippen molar-refractivity contribution < 1.29 is 9.90 Å². The number of hydrogen-bond acceptors (Lipinski definition) is 4. The van der Waals surface area contributed by atoms with Gasteiger partial charge in [-0.1, -0.05) is 19.3 Å². The molecule has 0 unspecified atom stereocenters. The third-order valence-electron chi connectivity index (χ3n) is 3.88. The smallest absolute Gasteiger partial charge is 0.272 e. The van der Waals surface area contributed by atoms with E-state index >= 15 is 0 Å². The van der Waals surface area contributed by atoms with E-state index in [0.29, 0.717) is 12.2 Å². The Kier molecular flexibility index (Phi) is 5.35. The second-order valence-corrected chi connectivity index (χ2v) is 5.19. The number of rotatable bonds is 5. The van der Waals surface area contributed by atoms with Crippen LogP contribution in [0.25, 0.3) is 0 Å². The average Bonchev–Trinajstić information content (AvgIpc) is 2.53. The van der Waals surface area contributed by atoms with Gasteiger partial charge in [-0.25, -0.2) is 0 Å². The number of carbonyl (C=O) groups is 1. The molecule has 0 atom stereocenters. The maximum atomic E-state index is 12.6. The van der Waals surface area contributed by atoms with Gasteiger partial charge in [0.25, 0.3) is 5.91 Å². The van der Waals surface area contributed by atoms with Gasteiger partial charge in [-0.15, -0.1) is 0 Å². The Hall–Kier alpha value is -1.62. The number of hydrogen-bond donors (Lipinski definition) is 2. The van der Waals surface area contributed by atoms with Crippen molar-refractivity contribution in [2.75, 3.05) is 25.5 Å². The predicted molar refractivity (Wildman–Crippen MR) is 78.8 cm³/mol. The number of nitrogens with zero attached hydrogens (tertiary/aromatic N) is 2. The minimum absolute atomic E-state index is 0.00599. The molecule has 5 nitrogen and oxygen atoms in total. The molecule has 1 aromatic rings. The minimum atomic E-state index is -0.0805. The van der Waals surface area contributed by atoms with Crippen molar-refractivity contribution in [3.05, 3.63) is 24.0 Å². The number of aliphatic hydroxyl groups is 1. The molecule has 0 aromatic carbocycles. The molecule has 110 valence electrons.